The quantitative estimate of drug-likeness (QED) is 0.363. The van der Waals surface area contributed by atoms with Crippen LogP contribution < -0.4 is 4.74 Å². The first-order valence-electron chi connectivity index (χ1n) is 9.39. The Hall–Kier alpha value is -1.65. The summed E-state index contributed by atoms with van der Waals surface area (Å²) < 4.78 is 11.2. The number of benzene rings is 1. The summed E-state index contributed by atoms with van der Waals surface area (Å²) in [5.41, 5.74) is 0.203. The Balaban J connectivity index is 2.18. The van der Waals surface area contributed by atoms with E-state index in [9.17, 15) is 4.79 Å². The van der Waals surface area contributed by atoms with Gasteiger partial charge in [-0.05, 0) is 43.5 Å². The fraction of sp³-hybridized carbons (Fsp3) is 0.571. The van der Waals surface area contributed by atoms with E-state index in [4.69, 9.17) is 9.47 Å². The van der Waals surface area contributed by atoms with Gasteiger partial charge in [-0.15, -0.1) is 6.58 Å². The Morgan fingerprint density at radius 2 is 1.96 bits per heavy atom. The molecular formula is C21H31NO3. The maximum Gasteiger partial charge on any atom is 0.183 e. The van der Waals surface area contributed by atoms with Crippen LogP contribution in [0.2, 0.25) is 0 Å². The number of Topliss-reactive ketones (excluding diaryl/α,β-unsaturated/α-hetero) is 1. The van der Waals surface area contributed by atoms with E-state index in [-0.39, 0.29) is 5.78 Å². The predicted molar refractivity (Wildman–Crippen MR) is 101 cm³/mol. The molecule has 1 saturated heterocycles. The summed E-state index contributed by atoms with van der Waals surface area (Å²) >= 11 is 0. The SMILES string of the molecule is C=CCC(CC)(C(=O)c1ccc(OCCCC)cc1)N1CCOCC1. The van der Waals surface area contributed by atoms with Crippen LogP contribution in [0.1, 0.15) is 49.9 Å². The molecule has 0 aliphatic carbocycles. The Morgan fingerprint density at radius 1 is 1.28 bits per heavy atom. The lowest BCUT2D eigenvalue weighted by Gasteiger charge is -2.43. The van der Waals surface area contributed by atoms with Gasteiger partial charge in [-0.2, -0.15) is 0 Å². The Morgan fingerprint density at radius 3 is 2.52 bits per heavy atom. The first-order valence-corrected chi connectivity index (χ1v) is 9.39. The van der Waals surface area contributed by atoms with Gasteiger partial charge in [-0.3, -0.25) is 9.69 Å². The molecular weight excluding hydrogens is 314 g/mol. The van der Waals surface area contributed by atoms with Crippen molar-refractivity contribution in [2.24, 2.45) is 0 Å². The number of morpholine rings is 1. The Labute approximate surface area is 151 Å². The lowest BCUT2D eigenvalue weighted by molar-refractivity contribution is -0.0154. The van der Waals surface area contributed by atoms with Crippen LogP contribution >= 0.6 is 0 Å². The number of ether oxygens (including phenoxy) is 2. The molecule has 1 heterocycles. The van der Waals surface area contributed by atoms with Gasteiger partial charge < -0.3 is 9.47 Å². The van der Waals surface area contributed by atoms with E-state index in [1.165, 1.54) is 0 Å². The van der Waals surface area contributed by atoms with Gasteiger partial charge >= 0.3 is 0 Å². The molecule has 138 valence electrons. The number of unbranched alkanes of at least 4 members (excludes halogenated alkanes) is 1. The van der Waals surface area contributed by atoms with Gasteiger partial charge in [0.1, 0.15) is 5.75 Å². The van der Waals surface area contributed by atoms with Crippen molar-refractivity contribution in [2.75, 3.05) is 32.9 Å². The molecule has 0 N–H and O–H groups in total. The molecule has 1 atom stereocenters. The van der Waals surface area contributed by atoms with Gasteiger partial charge in [0.2, 0.25) is 0 Å². The van der Waals surface area contributed by atoms with E-state index >= 15 is 0 Å². The van der Waals surface area contributed by atoms with Crippen molar-refractivity contribution >= 4 is 5.78 Å². The van der Waals surface area contributed by atoms with Gasteiger partial charge in [0.05, 0.1) is 25.4 Å². The van der Waals surface area contributed by atoms with E-state index in [2.05, 4.69) is 25.3 Å². The van der Waals surface area contributed by atoms with Crippen molar-refractivity contribution in [3.8, 4) is 5.75 Å². The van der Waals surface area contributed by atoms with E-state index in [0.717, 1.165) is 43.7 Å². The predicted octanol–water partition coefficient (Wildman–Crippen LogP) is 4.11. The van der Waals surface area contributed by atoms with Gasteiger partial charge in [-0.1, -0.05) is 26.3 Å². The van der Waals surface area contributed by atoms with Crippen molar-refractivity contribution in [1.82, 2.24) is 4.90 Å². The van der Waals surface area contributed by atoms with Gasteiger partial charge in [0.25, 0.3) is 0 Å². The molecule has 1 aliphatic heterocycles. The molecule has 4 heteroatoms. The fourth-order valence-electron chi connectivity index (χ4n) is 3.43. The molecule has 1 aromatic carbocycles. The monoisotopic (exact) mass is 345 g/mol. The Kier molecular flexibility index (Phi) is 7.66. The van der Waals surface area contributed by atoms with Gasteiger partial charge in [0, 0.05) is 18.7 Å². The third kappa shape index (κ3) is 4.71. The summed E-state index contributed by atoms with van der Waals surface area (Å²) in [5, 5.41) is 0. The zero-order valence-electron chi connectivity index (χ0n) is 15.6. The number of hydrogen-bond donors (Lipinski definition) is 0. The van der Waals surface area contributed by atoms with Crippen molar-refractivity contribution < 1.29 is 14.3 Å². The van der Waals surface area contributed by atoms with Gasteiger partial charge in [0.15, 0.2) is 5.78 Å². The standard InChI is InChI=1S/C21H31NO3/c1-4-7-15-25-19-10-8-18(9-11-19)20(23)21(6-3,12-5-2)22-13-16-24-17-14-22/h5,8-11H,2,4,6-7,12-17H2,1,3H3. The highest BCUT2D eigenvalue weighted by atomic mass is 16.5. The molecule has 0 amide bonds. The van der Waals surface area contributed by atoms with Crippen molar-refractivity contribution in [3.05, 3.63) is 42.5 Å². The van der Waals surface area contributed by atoms with E-state index in [1.807, 2.05) is 30.3 Å². The number of carbonyl (C=O) groups is 1. The molecule has 1 aromatic rings. The summed E-state index contributed by atoms with van der Waals surface area (Å²) in [7, 11) is 0. The molecule has 0 saturated carbocycles. The van der Waals surface area contributed by atoms with Crippen LogP contribution in [0.5, 0.6) is 5.75 Å². The molecule has 25 heavy (non-hydrogen) atoms. The summed E-state index contributed by atoms with van der Waals surface area (Å²) in [6.07, 6.45) is 5.41. The average Bonchev–Trinajstić information content (AvgIpc) is 2.67. The summed E-state index contributed by atoms with van der Waals surface area (Å²) in [6, 6.07) is 7.57. The maximum absolute atomic E-state index is 13.4. The zero-order chi connectivity index (χ0) is 18.1. The second-order valence-electron chi connectivity index (χ2n) is 6.53. The molecule has 1 fully saturated rings. The smallest absolute Gasteiger partial charge is 0.183 e. The van der Waals surface area contributed by atoms with Crippen LogP contribution in [0.25, 0.3) is 0 Å². The molecule has 1 unspecified atom stereocenters. The first-order chi connectivity index (χ1) is 12.2. The summed E-state index contributed by atoms with van der Waals surface area (Å²) in [5.74, 6) is 0.985. The van der Waals surface area contributed by atoms with Crippen LogP contribution in [0.4, 0.5) is 0 Å². The maximum atomic E-state index is 13.4. The molecule has 0 bridgehead atoms. The summed E-state index contributed by atoms with van der Waals surface area (Å²) in [6.45, 7) is 11.7. The van der Waals surface area contributed by atoms with Gasteiger partial charge in [-0.25, -0.2) is 0 Å². The second-order valence-corrected chi connectivity index (χ2v) is 6.53. The van der Waals surface area contributed by atoms with Crippen molar-refractivity contribution in [3.63, 3.8) is 0 Å². The average molecular weight is 345 g/mol. The topological polar surface area (TPSA) is 38.8 Å². The number of nitrogens with zero attached hydrogens (tertiary/aromatic N) is 1. The lowest BCUT2D eigenvalue weighted by atomic mass is 9.81. The number of rotatable bonds is 10. The molecule has 1 aliphatic rings. The van der Waals surface area contributed by atoms with Crippen molar-refractivity contribution in [2.45, 2.75) is 45.1 Å². The molecule has 0 spiro atoms. The van der Waals surface area contributed by atoms with Crippen molar-refractivity contribution in [1.29, 1.82) is 0 Å². The normalized spacial score (nSPS) is 17.7. The van der Waals surface area contributed by atoms with E-state index in [1.54, 1.807) is 0 Å². The second kappa shape index (κ2) is 9.73. The van der Waals surface area contributed by atoms with E-state index in [0.29, 0.717) is 26.2 Å². The minimum Gasteiger partial charge on any atom is -0.494 e. The van der Waals surface area contributed by atoms with Crippen LogP contribution in [-0.4, -0.2) is 49.1 Å². The minimum absolute atomic E-state index is 0.164. The Bertz CT molecular complexity index is 549. The lowest BCUT2D eigenvalue weighted by Crippen LogP contribution is -2.57. The van der Waals surface area contributed by atoms with Crippen LogP contribution in [0, 0.1) is 0 Å². The van der Waals surface area contributed by atoms with Crippen LogP contribution in [0.15, 0.2) is 36.9 Å². The number of hydrogen-bond acceptors (Lipinski definition) is 4. The summed E-state index contributed by atoms with van der Waals surface area (Å²) in [4.78, 5) is 15.7. The first kappa shape index (κ1) is 19.7. The third-order valence-corrected chi connectivity index (χ3v) is 4.99. The highest BCUT2D eigenvalue weighted by molar-refractivity contribution is 6.03. The highest BCUT2D eigenvalue weighted by Gasteiger charge is 2.42. The molecule has 0 radical (unpaired) electrons. The molecule has 4 nitrogen and oxygen atoms in total. The highest BCUT2D eigenvalue weighted by Crippen LogP contribution is 2.30. The van der Waals surface area contributed by atoms with E-state index < -0.39 is 5.54 Å². The fourth-order valence-corrected chi connectivity index (χ4v) is 3.43. The minimum atomic E-state index is -0.532. The molecule has 2 rings (SSSR count). The van der Waals surface area contributed by atoms with Crippen LogP contribution in [-0.2, 0) is 4.74 Å². The number of carbonyl (C=O) groups excluding carboxylic acids is 1. The number of ketones is 1. The third-order valence-electron chi connectivity index (χ3n) is 4.99. The zero-order valence-corrected chi connectivity index (χ0v) is 15.6. The molecule has 0 aromatic heterocycles. The largest absolute Gasteiger partial charge is 0.494 e. The van der Waals surface area contributed by atoms with Crippen LogP contribution in [0.3, 0.4) is 0 Å².